The number of halogens is 2. The largest absolute Gasteiger partial charge is 0.354 e. The van der Waals surface area contributed by atoms with Crippen LogP contribution in [0, 0.1) is 5.82 Å². The van der Waals surface area contributed by atoms with Crippen LogP contribution in [0.2, 0.25) is 5.02 Å². The zero-order valence-corrected chi connectivity index (χ0v) is 16.1. The number of amides is 1. The zero-order valence-electron chi connectivity index (χ0n) is 14.5. The highest BCUT2D eigenvalue weighted by molar-refractivity contribution is 8.01. The summed E-state index contributed by atoms with van der Waals surface area (Å²) in [6.07, 6.45) is 1.91. The van der Waals surface area contributed by atoms with E-state index in [9.17, 15) is 9.18 Å². The maximum atomic E-state index is 13.4. The fourth-order valence-corrected chi connectivity index (χ4v) is 5.04. The van der Waals surface area contributed by atoms with Crippen molar-refractivity contribution >= 4 is 46.3 Å². The van der Waals surface area contributed by atoms with Crippen molar-refractivity contribution in [3.05, 3.63) is 94.8 Å². The second-order valence-corrected chi connectivity index (χ2v) is 8.39. The van der Waals surface area contributed by atoms with Gasteiger partial charge in [0.05, 0.1) is 5.69 Å². The van der Waals surface area contributed by atoms with Crippen LogP contribution in [0.25, 0.3) is 5.70 Å². The lowest BCUT2D eigenvalue weighted by Crippen LogP contribution is -2.29. The van der Waals surface area contributed by atoms with Crippen LogP contribution in [0.3, 0.4) is 0 Å². The fraction of sp³-hybridized carbons (Fsp3) is 0.0455. The van der Waals surface area contributed by atoms with E-state index in [0.29, 0.717) is 5.02 Å². The van der Waals surface area contributed by atoms with Crippen LogP contribution in [0.15, 0.2) is 77.7 Å². The number of hydrogen-bond donors (Lipinski definition) is 2. The first-order valence-corrected chi connectivity index (χ1v) is 9.90. The number of thioether (sulfide) groups is 1. The molecule has 0 bridgehead atoms. The lowest BCUT2D eigenvalue weighted by molar-refractivity contribution is -0.116. The van der Waals surface area contributed by atoms with Gasteiger partial charge in [-0.1, -0.05) is 47.6 Å². The Labute approximate surface area is 170 Å². The van der Waals surface area contributed by atoms with E-state index >= 15 is 0 Å². The second-order valence-electron chi connectivity index (χ2n) is 6.67. The Morgan fingerprint density at radius 1 is 0.929 bits per heavy atom. The summed E-state index contributed by atoms with van der Waals surface area (Å²) in [4.78, 5) is 14.1. The van der Waals surface area contributed by atoms with Gasteiger partial charge < -0.3 is 10.6 Å². The molecule has 3 aromatic rings. The van der Waals surface area contributed by atoms with Crippen molar-refractivity contribution in [2.45, 2.75) is 9.64 Å². The molecule has 0 saturated carbocycles. The molecule has 0 aromatic heterocycles. The Kier molecular flexibility index (Phi) is 3.96. The summed E-state index contributed by atoms with van der Waals surface area (Å²) in [7, 11) is 0. The van der Waals surface area contributed by atoms with Crippen molar-refractivity contribution in [3.8, 4) is 0 Å². The van der Waals surface area contributed by atoms with Crippen LogP contribution in [-0.4, -0.2) is 5.91 Å². The van der Waals surface area contributed by atoms with Gasteiger partial charge in [-0.25, -0.2) is 4.39 Å². The van der Waals surface area contributed by atoms with Crippen molar-refractivity contribution in [1.82, 2.24) is 0 Å². The fourth-order valence-electron chi connectivity index (χ4n) is 3.55. The maximum Gasteiger partial charge on any atom is 0.249 e. The minimum atomic E-state index is -0.983. The Bertz CT molecular complexity index is 1150. The van der Waals surface area contributed by atoms with Crippen LogP contribution in [-0.2, 0) is 9.54 Å². The predicted octanol–water partition coefficient (Wildman–Crippen LogP) is 5.89. The van der Waals surface area contributed by atoms with E-state index in [0.717, 1.165) is 33.1 Å². The molecular weight excluding hydrogens is 395 g/mol. The molecule has 0 aliphatic carbocycles. The van der Waals surface area contributed by atoms with Crippen molar-refractivity contribution in [2.24, 2.45) is 0 Å². The topological polar surface area (TPSA) is 41.1 Å². The van der Waals surface area contributed by atoms with Gasteiger partial charge in [0.25, 0.3) is 0 Å². The number of benzene rings is 3. The minimum Gasteiger partial charge on any atom is -0.354 e. The molecule has 3 aromatic carbocycles. The number of carbonyl (C=O) groups is 1. The Morgan fingerprint density at radius 3 is 2.54 bits per heavy atom. The number of hydrogen-bond acceptors (Lipinski definition) is 3. The summed E-state index contributed by atoms with van der Waals surface area (Å²) >= 11 is 7.72. The summed E-state index contributed by atoms with van der Waals surface area (Å²) in [5.41, 5.74) is 3.98. The number of fused-ring (bicyclic) bond motifs is 3. The molecule has 138 valence electrons. The van der Waals surface area contributed by atoms with E-state index in [1.807, 2.05) is 42.5 Å². The minimum absolute atomic E-state index is 0.132. The van der Waals surface area contributed by atoms with Crippen LogP contribution in [0.4, 0.5) is 15.8 Å². The lowest BCUT2D eigenvalue weighted by Gasteiger charge is -2.23. The molecule has 2 N–H and O–H groups in total. The third kappa shape index (κ3) is 2.70. The summed E-state index contributed by atoms with van der Waals surface area (Å²) in [5, 5.41) is 6.96. The van der Waals surface area contributed by atoms with Gasteiger partial charge in [-0.15, -0.1) is 0 Å². The normalized spacial score (nSPS) is 19.9. The molecule has 6 heteroatoms. The van der Waals surface area contributed by atoms with Crippen LogP contribution in [0.1, 0.15) is 11.1 Å². The third-order valence-corrected chi connectivity index (χ3v) is 6.55. The summed E-state index contributed by atoms with van der Waals surface area (Å²) in [6, 6.07) is 19.5. The van der Waals surface area contributed by atoms with Crippen molar-refractivity contribution < 1.29 is 9.18 Å². The van der Waals surface area contributed by atoms with Crippen LogP contribution < -0.4 is 10.6 Å². The number of anilines is 2. The Balaban J connectivity index is 1.77. The molecule has 0 fully saturated rings. The number of rotatable bonds is 1. The molecule has 0 radical (unpaired) electrons. The van der Waals surface area contributed by atoms with Gasteiger partial charge >= 0.3 is 0 Å². The molecule has 3 nitrogen and oxygen atoms in total. The van der Waals surface area contributed by atoms with Gasteiger partial charge in [0.2, 0.25) is 5.91 Å². The van der Waals surface area contributed by atoms with Crippen molar-refractivity contribution in [2.75, 3.05) is 10.6 Å². The maximum absolute atomic E-state index is 13.4. The average molecular weight is 409 g/mol. The van der Waals surface area contributed by atoms with Gasteiger partial charge in [0.1, 0.15) is 10.6 Å². The molecule has 0 saturated heterocycles. The molecular formula is C22H14ClFN2OS. The van der Waals surface area contributed by atoms with E-state index < -0.39 is 4.75 Å². The van der Waals surface area contributed by atoms with Gasteiger partial charge in [0.15, 0.2) is 0 Å². The first-order valence-electron chi connectivity index (χ1n) is 8.70. The van der Waals surface area contributed by atoms with E-state index in [2.05, 4.69) is 10.6 Å². The quantitative estimate of drug-likeness (QED) is 0.527. The number of nitrogens with one attached hydrogen (secondary N) is 2. The number of para-hydroxylation sites is 1. The van der Waals surface area contributed by atoms with Gasteiger partial charge in [0, 0.05) is 26.9 Å². The van der Waals surface area contributed by atoms with Crippen LogP contribution in [0.5, 0.6) is 0 Å². The lowest BCUT2D eigenvalue weighted by atomic mass is 9.96. The van der Waals surface area contributed by atoms with E-state index in [-0.39, 0.29) is 11.7 Å². The molecule has 2 aliphatic heterocycles. The van der Waals surface area contributed by atoms with E-state index in [4.69, 9.17) is 11.6 Å². The first-order chi connectivity index (χ1) is 13.5. The molecule has 2 heterocycles. The van der Waals surface area contributed by atoms with Gasteiger partial charge in [-0.3, -0.25) is 4.79 Å². The average Bonchev–Trinajstić information content (AvgIpc) is 2.85. The van der Waals surface area contributed by atoms with Gasteiger partial charge in [-0.2, -0.15) is 0 Å². The zero-order chi connectivity index (χ0) is 19.3. The molecule has 1 spiro atoms. The molecule has 2 aliphatic rings. The standard InChI is InChI=1S/C22H14ClFN2OS/c23-14-7-10-17-16(11-14)22(21(27)26-17)12-19(13-5-8-15(24)9-6-13)25-18-3-1-2-4-20(18)28-22/h1-12,25H,(H,26,27)/t22-/m1/s1. The monoisotopic (exact) mass is 408 g/mol. The van der Waals surface area contributed by atoms with Crippen molar-refractivity contribution in [3.63, 3.8) is 0 Å². The molecule has 0 unspecified atom stereocenters. The SMILES string of the molecule is O=C1Nc2ccc(Cl)cc2[C@]12C=C(c1ccc(F)cc1)Nc1ccccc1S2. The molecule has 1 atom stereocenters. The highest BCUT2D eigenvalue weighted by atomic mass is 35.5. The second kappa shape index (κ2) is 6.40. The molecule has 5 rings (SSSR count). The first kappa shape index (κ1) is 17.3. The van der Waals surface area contributed by atoms with E-state index in [1.165, 1.54) is 23.9 Å². The number of carbonyl (C=O) groups excluding carboxylic acids is 1. The molecule has 1 amide bonds. The summed E-state index contributed by atoms with van der Waals surface area (Å²) in [6.45, 7) is 0. The van der Waals surface area contributed by atoms with E-state index in [1.54, 1.807) is 18.2 Å². The smallest absolute Gasteiger partial charge is 0.249 e. The third-order valence-electron chi connectivity index (χ3n) is 4.90. The summed E-state index contributed by atoms with van der Waals surface area (Å²) in [5.74, 6) is -0.439. The van der Waals surface area contributed by atoms with Crippen LogP contribution >= 0.6 is 23.4 Å². The molecule has 28 heavy (non-hydrogen) atoms. The van der Waals surface area contributed by atoms with Gasteiger partial charge in [-0.05, 0) is 54.1 Å². The Hall–Kier alpha value is -2.76. The highest BCUT2D eigenvalue weighted by Crippen LogP contribution is 2.54. The summed E-state index contributed by atoms with van der Waals surface area (Å²) < 4.78 is 12.5. The van der Waals surface area contributed by atoms with Crippen molar-refractivity contribution in [1.29, 1.82) is 0 Å². The highest BCUT2D eigenvalue weighted by Gasteiger charge is 2.48. The Morgan fingerprint density at radius 2 is 1.71 bits per heavy atom. The predicted molar refractivity (Wildman–Crippen MR) is 112 cm³/mol.